The second-order valence-electron chi connectivity index (χ2n) is 4.52. The lowest BCUT2D eigenvalue weighted by Gasteiger charge is -2.10. The van der Waals surface area contributed by atoms with E-state index in [9.17, 15) is 10.2 Å². The first-order valence-corrected chi connectivity index (χ1v) is 8.56. The molecule has 0 spiro atoms. The molecule has 2 heterocycles. The van der Waals surface area contributed by atoms with E-state index in [-0.39, 0.29) is 11.5 Å². The van der Waals surface area contributed by atoms with E-state index >= 15 is 0 Å². The monoisotopic (exact) mass is 334 g/mol. The van der Waals surface area contributed by atoms with Crippen LogP contribution in [0.2, 0.25) is 0 Å². The number of phenols is 2. The first-order valence-electron chi connectivity index (χ1n) is 6.58. The molecule has 0 bridgehead atoms. The van der Waals surface area contributed by atoms with Crippen LogP contribution in [0.1, 0.15) is 11.5 Å². The Morgan fingerprint density at radius 1 is 0.773 bits per heavy atom. The summed E-state index contributed by atoms with van der Waals surface area (Å²) in [6.45, 7) is 0. The number of thioether (sulfide) groups is 2. The van der Waals surface area contributed by atoms with E-state index in [0.717, 1.165) is 21.3 Å². The Morgan fingerprint density at radius 2 is 1.23 bits per heavy atom. The van der Waals surface area contributed by atoms with Crippen LogP contribution in [0.5, 0.6) is 11.5 Å². The molecule has 22 heavy (non-hydrogen) atoms. The fourth-order valence-corrected chi connectivity index (χ4v) is 3.92. The molecule has 0 aliphatic rings. The molecule has 0 radical (unpaired) electrons. The van der Waals surface area contributed by atoms with Crippen molar-refractivity contribution < 1.29 is 19.0 Å². The number of furan rings is 2. The van der Waals surface area contributed by atoms with E-state index in [0.29, 0.717) is 11.5 Å². The summed E-state index contributed by atoms with van der Waals surface area (Å²) in [7, 11) is 0. The third-order valence-electron chi connectivity index (χ3n) is 2.94. The molecule has 4 nitrogen and oxygen atoms in total. The van der Waals surface area contributed by atoms with E-state index in [1.807, 2.05) is 24.3 Å². The smallest absolute Gasteiger partial charge is 0.158 e. The van der Waals surface area contributed by atoms with Crippen LogP contribution in [-0.2, 0) is 11.5 Å². The summed E-state index contributed by atoms with van der Waals surface area (Å²) in [5.41, 5.74) is 0. The molecule has 114 valence electrons. The number of phenolic OH excluding ortho intramolecular Hbond substituents is 2. The van der Waals surface area contributed by atoms with Gasteiger partial charge in [0.2, 0.25) is 0 Å². The van der Waals surface area contributed by atoms with Crippen LogP contribution in [-0.4, -0.2) is 10.2 Å². The summed E-state index contributed by atoms with van der Waals surface area (Å²) in [6.07, 6.45) is 3.27. The zero-order valence-electron chi connectivity index (χ0n) is 11.6. The maximum Gasteiger partial charge on any atom is 0.158 e. The maximum atomic E-state index is 9.72. The summed E-state index contributed by atoms with van der Waals surface area (Å²) in [4.78, 5) is 1.78. The van der Waals surface area contributed by atoms with Crippen molar-refractivity contribution in [3.63, 3.8) is 0 Å². The summed E-state index contributed by atoms with van der Waals surface area (Å²) in [5, 5.41) is 19.4. The van der Waals surface area contributed by atoms with Gasteiger partial charge in [0.15, 0.2) is 11.5 Å². The zero-order chi connectivity index (χ0) is 15.4. The standard InChI is InChI=1S/C16H14O4S2/c17-13-7-15(21-9-11-3-1-5-19-11)16(8-14(13)18)22-10-12-4-2-6-20-12/h1-8,17-18H,9-10H2. The van der Waals surface area contributed by atoms with Gasteiger partial charge in [-0.3, -0.25) is 0 Å². The molecule has 2 aromatic heterocycles. The molecule has 0 aliphatic heterocycles. The normalized spacial score (nSPS) is 10.9. The lowest BCUT2D eigenvalue weighted by atomic mass is 10.3. The molecule has 0 unspecified atom stereocenters. The topological polar surface area (TPSA) is 66.7 Å². The first kappa shape index (κ1) is 15.0. The van der Waals surface area contributed by atoms with Gasteiger partial charge in [-0.2, -0.15) is 0 Å². The summed E-state index contributed by atoms with van der Waals surface area (Å²) in [6, 6.07) is 10.7. The third kappa shape index (κ3) is 3.64. The number of aromatic hydroxyl groups is 2. The average molecular weight is 334 g/mol. The molecule has 6 heteroatoms. The average Bonchev–Trinajstić information content (AvgIpc) is 3.19. The van der Waals surface area contributed by atoms with Gasteiger partial charge >= 0.3 is 0 Å². The van der Waals surface area contributed by atoms with Crippen LogP contribution in [0.4, 0.5) is 0 Å². The summed E-state index contributed by atoms with van der Waals surface area (Å²) in [5.74, 6) is 2.80. The van der Waals surface area contributed by atoms with Gasteiger partial charge in [-0.05, 0) is 36.4 Å². The van der Waals surface area contributed by atoms with Gasteiger partial charge in [0.05, 0.1) is 24.0 Å². The van der Waals surface area contributed by atoms with Crippen LogP contribution < -0.4 is 0 Å². The molecule has 2 N–H and O–H groups in total. The lowest BCUT2D eigenvalue weighted by Crippen LogP contribution is -1.84. The van der Waals surface area contributed by atoms with E-state index in [1.54, 1.807) is 48.2 Å². The Hall–Kier alpha value is -1.92. The fraction of sp³-hybridized carbons (Fsp3) is 0.125. The van der Waals surface area contributed by atoms with Gasteiger partial charge in [-0.1, -0.05) is 0 Å². The van der Waals surface area contributed by atoms with E-state index in [4.69, 9.17) is 8.83 Å². The second kappa shape index (κ2) is 6.89. The minimum Gasteiger partial charge on any atom is -0.504 e. The van der Waals surface area contributed by atoms with Crippen molar-refractivity contribution in [2.45, 2.75) is 21.3 Å². The van der Waals surface area contributed by atoms with Crippen molar-refractivity contribution in [2.75, 3.05) is 0 Å². The van der Waals surface area contributed by atoms with Gasteiger partial charge in [0, 0.05) is 9.79 Å². The Morgan fingerprint density at radius 3 is 1.59 bits per heavy atom. The highest BCUT2D eigenvalue weighted by molar-refractivity contribution is 8.01. The number of hydrogen-bond acceptors (Lipinski definition) is 6. The van der Waals surface area contributed by atoms with Crippen LogP contribution in [0.15, 0.2) is 67.5 Å². The van der Waals surface area contributed by atoms with Crippen molar-refractivity contribution in [1.29, 1.82) is 0 Å². The van der Waals surface area contributed by atoms with E-state index in [2.05, 4.69) is 0 Å². The Bertz CT molecular complexity index is 658. The van der Waals surface area contributed by atoms with Gasteiger partial charge in [-0.25, -0.2) is 0 Å². The molecular weight excluding hydrogens is 320 g/mol. The van der Waals surface area contributed by atoms with Crippen molar-refractivity contribution in [1.82, 2.24) is 0 Å². The van der Waals surface area contributed by atoms with Crippen molar-refractivity contribution in [3.05, 3.63) is 60.4 Å². The molecule has 0 saturated carbocycles. The van der Waals surface area contributed by atoms with Gasteiger partial charge in [0.1, 0.15) is 11.5 Å². The van der Waals surface area contributed by atoms with Crippen molar-refractivity contribution in [3.8, 4) is 11.5 Å². The van der Waals surface area contributed by atoms with E-state index in [1.165, 1.54) is 0 Å². The maximum absolute atomic E-state index is 9.72. The van der Waals surface area contributed by atoms with Crippen LogP contribution >= 0.6 is 23.5 Å². The van der Waals surface area contributed by atoms with E-state index < -0.39 is 0 Å². The van der Waals surface area contributed by atoms with Gasteiger partial charge in [0.25, 0.3) is 0 Å². The fourth-order valence-electron chi connectivity index (χ4n) is 1.85. The van der Waals surface area contributed by atoms with Crippen LogP contribution in [0, 0.1) is 0 Å². The highest BCUT2D eigenvalue weighted by Gasteiger charge is 2.11. The van der Waals surface area contributed by atoms with Crippen molar-refractivity contribution in [2.24, 2.45) is 0 Å². The Labute approximate surface area is 136 Å². The molecule has 0 fully saturated rings. The van der Waals surface area contributed by atoms with Crippen LogP contribution in [0.3, 0.4) is 0 Å². The summed E-state index contributed by atoms with van der Waals surface area (Å²) >= 11 is 3.10. The van der Waals surface area contributed by atoms with Gasteiger partial charge in [-0.15, -0.1) is 23.5 Å². The second-order valence-corrected chi connectivity index (χ2v) is 6.56. The minimum atomic E-state index is -0.121. The predicted octanol–water partition coefficient (Wildman–Crippen LogP) is 4.87. The number of hydrogen-bond donors (Lipinski definition) is 2. The highest BCUT2D eigenvalue weighted by atomic mass is 32.2. The number of benzene rings is 1. The molecule has 0 saturated heterocycles. The molecule has 0 atom stereocenters. The SMILES string of the molecule is Oc1cc(SCc2ccco2)c(SCc2ccco2)cc1O. The molecule has 3 aromatic rings. The predicted molar refractivity (Wildman–Crippen MR) is 86.3 cm³/mol. The molecule has 1 aromatic carbocycles. The summed E-state index contributed by atoms with van der Waals surface area (Å²) < 4.78 is 10.6. The van der Waals surface area contributed by atoms with Crippen LogP contribution in [0.25, 0.3) is 0 Å². The largest absolute Gasteiger partial charge is 0.504 e. The molecule has 0 amide bonds. The zero-order valence-corrected chi connectivity index (χ0v) is 13.2. The minimum absolute atomic E-state index is 0.121. The van der Waals surface area contributed by atoms with Crippen molar-refractivity contribution >= 4 is 23.5 Å². The highest BCUT2D eigenvalue weighted by Crippen LogP contribution is 2.41. The Balaban J connectivity index is 1.75. The number of rotatable bonds is 6. The first-order chi connectivity index (χ1) is 10.7. The lowest BCUT2D eigenvalue weighted by molar-refractivity contribution is 0.400. The third-order valence-corrected chi connectivity index (χ3v) is 5.23. The molecular formula is C16H14O4S2. The van der Waals surface area contributed by atoms with Gasteiger partial charge < -0.3 is 19.0 Å². The Kier molecular flexibility index (Phi) is 4.70. The molecule has 0 aliphatic carbocycles. The molecule has 3 rings (SSSR count). The quantitative estimate of drug-likeness (QED) is 0.495.